The van der Waals surface area contributed by atoms with Crippen LogP contribution in [0, 0.1) is 11.8 Å². The van der Waals surface area contributed by atoms with Gasteiger partial charge in [0, 0.05) is 18.2 Å². The monoisotopic (exact) mass is 308 g/mol. The highest BCUT2D eigenvalue weighted by molar-refractivity contribution is 6.33. The SMILES string of the molecule is CCC(=O)Nc1ccc(Cl)c(NC2CCC(C)CC2C)c1. The van der Waals surface area contributed by atoms with E-state index in [0.717, 1.165) is 17.3 Å². The highest BCUT2D eigenvalue weighted by Gasteiger charge is 2.25. The van der Waals surface area contributed by atoms with Crippen molar-refractivity contribution in [3.8, 4) is 0 Å². The van der Waals surface area contributed by atoms with E-state index in [4.69, 9.17) is 11.6 Å². The maximum Gasteiger partial charge on any atom is 0.224 e. The lowest BCUT2D eigenvalue weighted by Gasteiger charge is -2.34. The normalized spacial score (nSPS) is 25.4. The van der Waals surface area contributed by atoms with Crippen molar-refractivity contribution in [3.05, 3.63) is 23.2 Å². The molecule has 0 spiro atoms. The van der Waals surface area contributed by atoms with E-state index < -0.39 is 0 Å². The van der Waals surface area contributed by atoms with Crippen LogP contribution in [-0.2, 0) is 4.79 Å². The molecule has 1 fully saturated rings. The minimum absolute atomic E-state index is 0.0168. The van der Waals surface area contributed by atoms with Gasteiger partial charge in [0.1, 0.15) is 0 Å². The Morgan fingerprint density at radius 2 is 2.10 bits per heavy atom. The van der Waals surface area contributed by atoms with E-state index in [2.05, 4.69) is 24.5 Å². The lowest BCUT2D eigenvalue weighted by atomic mass is 9.80. The first kappa shape index (κ1) is 16.2. The highest BCUT2D eigenvalue weighted by atomic mass is 35.5. The molecular weight excluding hydrogens is 284 g/mol. The summed E-state index contributed by atoms with van der Waals surface area (Å²) in [5.41, 5.74) is 1.71. The van der Waals surface area contributed by atoms with E-state index >= 15 is 0 Å². The second-order valence-corrected chi connectivity index (χ2v) is 6.65. The standard InChI is InChI=1S/C17H25ClN2O/c1-4-17(21)19-13-6-7-14(18)16(10-13)20-15-8-5-11(2)9-12(15)3/h6-7,10-12,15,20H,4-5,8-9H2,1-3H3,(H,19,21). The lowest BCUT2D eigenvalue weighted by molar-refractivity contribution is -0.115. The summed E-state index contributed by atoms with van der Waals surface area (Å²) in [6, 6.07) is 6.06. The quantitative estimate of drug-likeness (QED) is 0.828. The number of amides is 1. The molecule has 116 valence electrons. The third kappa shape index (κ3) is 4.37. The Kier molecular flexibility index (Phi) is 5.51. The van der Waals surface area contributed by atoms with Crippen LogP contribution in [0.4, 0.5) is 11.4 Å². The molecule has 0 heterocycles. The molecule has 3 atom stereocenters. The van der Waals surface area contributed by atoms with Crippen molar-refractivity contribution in [1.29, 1.82) is 0 Å². The van der Waals surface area contributed by atoms with E-state index in [-0.39, 0.29) is 5.91 Å². The largest absolute Gasteiger partial charge is 0.381 e. The van der Waals surface area contributed by atoms with Gasteiger partial charge in [-0.1, -0.05) is 32.4 Å². The van der Waals surface area contributed by atoms with Crippen LogP contribution in [0.2, 0.25) is 5.02 Å². The Labute approximate surface area is 132 Å². The van der Waals surface area contributed by atoms with Gasteiger partial charge in [-0.25, -0.2) is 0 Å². The summed E-state index contributed by atoms with van der Waals surface area (Å²) in [5.74, 6) is 1.46. The first-order chi connectivity index (χ1) is 9.99. The van der Waals surface area contributed by atoms with Crippen molar-refractivity contribution in [2.24, 2.45) is 11.8 Å². The van der Waals surface area contributed by atoms with E-state index in [9.17, 15) is 4.79 Å². The Morgan fingerprint density at radius 3 is 2.76 bits per heavy atom. The van der Waals surface area contributed by atoms with Crippen molar-refractivity contribution in [2.75, 3.05) is 10.6 Å². The van der Waals surface area contributed by atoms with Gasteiger partial charge in [-0.3, -0.25) is 4.79 Å². The molecule has 3 nitrogen and oxygen atoms in total. The number of benzene rings is 1. The molecule has 0 radical (unpaired) electrons. The Hall–Kier alpha value is -1.22. The number of nitrogens with one attached hydrogen (secondary N) is 2. The zero-order valence-corrected chi connectivity index (χ0v) is 13.8. The molecule has 21 heavy (non-hydrogen) atoms. The van der Waals surface area contributed by atoms with Crippen LogP contribution in [0.3, 0.4) is 0 Å². The van der Waals surface area contributed by atoms with Crippen LogP contribution in [-0.4, -0.2) is 11.9 Å². The van der Waals surface area contributed by atoms with Gasteiger partial charge in [-0.2, -0.15) is 0 Å². The zero-order valence-electron chi connectivity index (χ0n) is 13.1. The summed E-state index contributed by atoms with van der Waals surface area (Å²) in [4.78, 5) is 11.5. The van der Waals surface area contributed by atoms with E-state index in [1.165, 1.54) is 19.3 Å². The maximum atomic E-state index is 11.5. The fourth-order valence-electron chi connectivity index (χ4n) is 3.04. The molecule has 1 amide bonds. The van der Waals surface area contributed by atoms with Crippen molar-refractivity contribution in [2.45, 2.75) is 52.5 Å². The fraction of sp³-hybridized carbons (Fsp3) is 0.588. The average molecular weight is 309 g/mol. The molecule has 3 unspecified atom stereocenters. The summed E-state index contributed by atoms with van der Waals surface area (Å²) >= 11 is 6.29. The Morgan fingerprint density at radius 1 is 1.33 bits per heavy atom. The fourth-order valence-corrected chi connectivity index (χ4v) is 3.21. The number of hydrogen-bond acceptors (Lipinski definition) is 2. The van der Waals surface area contributed by atoms with Gasteiger partial charge in [0.25, 0.3) is 0 Å². The number of carbonyl (C=O) groups excluding carboxylic acids is 1. The van der Waals surface area contributed by atoms with Crippen LogP contribution in [0.15, 0.2) is 18.2 Å². The molecule has 0 aromatic heterocycles. The average Bonchev–Trinajstić information content (AvgIpc) is 2.45. The molecule has 1 saturated carbocycles. The predicted octanol–water partition coefficient (Wildman–Crippen LogP) is 4.93. The Balaban J connectivity index is 2.08. The molecule has 2 rings (SSSR count). The van der Waals surface area contributed by atoms with Crippen LogP contribution in [0.25, 0.3) is 0 Å². The van der Waals surface area contributed by atoms with Gasteiger partial charge >= 0.3 is 0 Å². The van der Waals surface area contributed by atoms with E-state index in [1.54, 1.807) is 0 Å². The first-order valence-corrected chi connectivity index (χ1v) is 8.23. The predicted molar refractivity (Wildman–Crippen MR) is 90.0 cm³/mol. The molecule has 1 aliphatic carbocycles. The minimum atomic E-state index is 0.0168. The third-order valence-electron chi connectivity index (χ3n) is 4.34. The zero-order chi connectivity index (χ0) is 15.4. The van der Waals surface area contributed by atoms with Gasteiger partial charge in [0.2, 0.25) is 5.91 Å². The van der Waals surface area contributed by atoms with Gasteiger partial charge < -0.3 is 10.6 Å². The number of hydrogen-bond donors (Lipinski definition) is 2. The second kappa shape index (κ2) is 7.17. The molecular formula is C17H25ClN2O. The van der Waals surface area contributed by atoms with Crippen LogP contribution in [0.5, 0.6) is 0 Å². The number of rotatable bonds is 4. The summed E-state index contributed by atoms with van der Waals surface area (Å²) in [5, 5.41) is 7.15. The Bertz CT molecular complexity index is 504. The van der Waals surface area contributed by atoms with Crippen LogP contribution < -0.4 is 10.6 Å². The number of halogens is 1. The smallest absolute Gasteiger partial charge is 0.224 e. The molecule has 0 bridgehead atoms. The van der Waals surface area contributed by atoms with Gasteiger partial charge in [-0.05, 0) is 49.3 Å². The highest BCUT2D eigenvalue weighted by Crippen LogP contribution is 2.33. The maximum absolute atomic E-state index is 11.5. The molecule has 2 N–H and O–H groups in total. The molecule has 0 aliphatic heterocycles. The van der Waals surface area contributed by atoms with Crippen LogP contribution in [0.1, 0.15) is 46.5 Å². The topological polar surface area (TPSA) is 41.1 Å². The van der Waals surface area contributed by atoms with Crippen molar-refractivity contribution >= 4 is 28.9 Å². The molecule has 1 aliphatic rings. The number of carbonyl (C=O) groups is 1. The van der Waals surface area contributed by atoms with Crippen LogP contribution >= 0.6 is 11.6 Å². The van der Waals surface area contributed by atoms with Gasteiger partial charge in [0.15, 0.2) is 0 Å². The number of anilines is 2. The summed E-state index contributed by atoms with van der Waals surface area (Å²) in [7, 11) is 0. The minimum Gasteiger partial charge on any atom is -0.381 e. The van der Waals surface area contributed by atoms with E-state index in [1.807, 2.05) is 25.1 Å². The molecule has 0 saturated heterocycles. The molecule has 4 heteroatoms. The molecule has 1 aromatic carbocycles. The summed E-state index contributed by atoms with van der Waals surface area (Å²) in [6.45, 7) is 6.46. The van der Waals surface area contributed by atoms with Crippen molar-refractivity contribution < 1.29 is 4.79 Å². The van der Waals surface area contributed by atoms with E-state index in [0.29, 0.717) is 23.4 Å². The molecule has 1 aromatic rings. The van der Waals surface area contributed by atoms with Crippen molar-refractivity contribution in [1.82, 2.24) is 0 Å². The third-order valence-corrected chi connectivity index (χ3v) is 4.67. The van der Waals surface area contributed by atoms with Gasteiger partial charge in [0.05, 0.1) is 10.7 Å². The lowest BCUT2D eigenvalue weighted by Crippen LogP contribution is -2.33. The summed E-state index contributed by atoms with van der Waals surface area (Å²) in [6.07, 6.45) is 4.15. The van der Waals surface area contributed by atoms with Gasteiger partial charge in [-0.15, -0.1) is 0 Å². The van der Waals surface area contributed by atoms with Crippen molar-refractivity contribution in [3.63, 3.8) is 0 Å². The first-order valence-electron chi connectivity index (χ1n) is 7.85. The second-order valence-electron chi connectivity index (χ2n) is 6.24. The summed E-state index contributed by atoms with van der Waals surface area (Å²) < 4.78 is 0.